The molecule has 1 aromatic carbocycles. The van der Waals surface area contributed by atoms with Crippen molar-refractivity contribution in [3.63, 3.8) is 0 Å². The van der Waals surface area contributed by atoms with Crippen LogP contribution in [0.2, 0.25) is 0 Å². The number of nitrogen functional groups attached to an aromatic ring is 1. The Labute approximate surface area is 129 Å². The molecular weight excluding hydrogens is 301 g/mol. The van der Waals surface area contributed by atoms with Gasteiger partial charge in [0.25, 0.3) is 5.91 Å². The molecule has 0 radical (unpaired) electrons. The van der Waals surface area contributed by atoms with Gasteiger partial charge in [-0.2, -0.15) is 0 Å². The molecule has 0 aliphatic carbocycles. The molecule has 1 aromatic heterocycles. The minimum absolute atomic E-state index is 0. The molecule has 0 aliphatic rings. The van der Waals surface area contributed by atoms with Crippen molar-refractivity contribution in [1.82, 2.24) is 20.1 Å². The lowest BCUT2D eigenvalue weighted by Crippen LogP contribution is -2.24. The van der Waals surface area contributed by atoms with Crippen molar-refractivity contribution in [3.8, 4) is 0 Å². The summed E-state index contributed by atoms with van der Waals surface area (Å²) in [5.41, 5.74) is 6.77. The third kappa shape index (κ3) is 4.40. The van der Waals surface area contributed by atoms with Gasteiger partial charge in [-0.1, -0.05) is 0 Å². The van der Waals surface area contributed by atoms with Gasteiger partial charge in [0.15, 0.2) is 5.82 Å². The van der Waals surface area contributed by atoms with Crippen molar-refractivity contribution in [1.29, 1.82) is 0 Å². The number of nitrogens with zero attached hydrogens (tertiary/aromatic N) is 3. The van der Waals surface area contributed by atoms with Crippen LogP contribution in [0.1, 0.15) is 23.1 Å². The van der Waals surface area contributed by atoms with E-state index in [-0.39, 0.29) is 30.7 Å². The van der Waals surface area contributed by atoms with Crippen LogP contribution >= 0.6 is 24.8 Å². The standard InChI is InChI=1S/C12H15N5O.2ClH/c1-2-17-8-15-16-11(17)7-14-12(18)9-3-5-10(13)6-4-9;;/h3-6,8H,2,7,13H2,1H3,(H,14,18);2*1H. The molecular formula is C12H17Cl2N5O. The lowest BCUT2D eigenvalue weighted by molar-refractivity contribution is 0.0949. The maximum absolute atomic E-state index is 11.8. The summed E-state index contributed by atoms with van der Waals surface area (Å²) in [4.78, 5) is 11.8. The largest absolute Gasteiger partial charge is 0.399 e. The fraction of sp³-hybridized carbons (Fsp3) is 0.250. The summed E-state index contributed by atoms with van der Waals surface area (Å²) >= 11 is 0. The van der Waals surface area contributed by atoms with E-state index in [4.69, 9.17) is 5.73 Å². The highest BCUT2D eigenvalue weighted by molar-refractivity contribution is 5.94. The lowest BCUT2D eigenvalue weighted by atomic mass is 10.2. The number of carbonyl (C=O) groups is 1. The Morgan fingerprint density at radius 3 is 2.55 bits per heavy atom. The molecule has 1 amide bonds. The molecule has 2 aromatic rings. The smallest absolute Gasteiger partial charge is 0.251 e. The van der Waals surface area contributed by atoms with Gasteiger partial charge in [-0.15, -0.1) is 35.0 Å². The van der Waals surface area contributed by atoms with Gasteiger partial charge in [-0.25, -0.2) is 0 Å². The molecule has 1 heterocycles. The number of hydrogen-bond donors (Lipinski definition) is 2. The Morgan fingerprint density at radius 1 is 1.30 bits per heavy atom. The van der Waals surface area contributed by atoms with E-state index in [9.17, 15) is 4.79 Å². The first-order valence-corrected chi connectivity index (χ1v) is 5.71. The zero-order valence-electron chi connectivity index (χ0n) is 10.9. The zero-order chi connectivity index (χ0) is 13.0. The lowest BCUT2D eigenvalue weighted by Gasteiger charge is -2.06. The normalized spacial score (nSPS) is 9.25. The number of halogens is 2. The number of benzene rings is 1. The molecule has 3 N–H and O–H groups in total. The molecule has 2 rings (SSSR count). The van der Waals surface area contributed by atoms with Gasteiger partial charge in [0.05, 0.1) is 6.54 Å². The highest BCUT2D eigenvalue weighted by Gasteiger charge is 2.07. The highest BCUT2D eigenvalue weighted by atomic mass is 35.5. The Morgan fingerprint density at radius 2 is 1.95 bits per heavy atom. The Kier molecular flexibility index (Phi) is 7.64. The summed E-state index contributed by atoms with van der Waals surface area (Å²) in [5.74, 6) is 0.585. The fourth-order valence-corrected chi connectivity index (χ4v) is 1.58. The molecule has 0 fully saturated rings. The molecule has 0 saturated heterocycles. The number of nitrogens with one attached hydrogen (secondary N) is 1. The van der Waals surface area contributed by atoms with Gasteiger partial charge in [-0.05, 0) is 31.2 Å². The summed E-state index contributed by atoms with van der Waals surface area (Å²) < 4.78 is 1.88. The van der Waals surface area contributed by atoms with E-state index >= 15 is 0 Å². The SMILES string of the molecule is CCn1cnnc1CNC(=O)c1ccc(N)cc1.Cl.Cl. The van der Waals surface area contributed by atoms with Crippen molar-refractivity contribution in [3.05, 3.63) is 42.0 Å². The van der Waals surface area contributed by atoms with Crippen LogP contribution in [0.15, 0.2) is 30.6 Å². The number of anilines is 1. The first-order chi connectivity index (χ1) is 8.70. The Bertz CT molecular complexity index is 541. The van der Waals surface area contributed by atoms with E-state index in [0.29, 0.717) is 17.8 Å². The number of hydrogen-bond acceptors (Lipinski definition) is 4. The van der Waals surface area contributed by atoms with Crippen LogP contribution in [-0.2, 0) is 13.1 Å². The second-order valence-electron chi connectivity index (χ2n) is 3.84. The average molecular weight is 318 g/mol. The highest BCUT2D eigenvalue weighted by Crippen LogP contribution is 2.05. The van der Waals surface area contributed by atoms with Gasteiger partial charge in [0, 0.05) is 17.8 Å². The first kappa shape index (κ1) is 18.2. The monoisotopic (exact) mass is 317 g/mol. The van der Waals surface area contributed by atoms with E-state index in [1.807, 2.05) is 11.5 Å². The third-order valence-electron chi connectivity index (χ3n) is 2.62. The topological polar surface area (TPSA) is 85.8 Å². The molecule has 0 aliphatic heterocycles. The molecule has 110 valence electrons. The van der Waals surface area contributed by atoms with Crippen molar-refractivity contribution in [2.45, 2.75) is 20.0 Å². The van der Waals surface area contributed by atoms with Crippen molar-refractivity contribution in [2.24, 2.45) is 0 Å². The van der Waals surface area contributed by atoms with Crippen molar-refractivity contribution < 1.29 is 4.79 Å². The number of aromatic nitrogens is 3. The van der Waals surface area contributed by atoms with Gasteiger partial charge in [-0.3, -0.25) is 4.79 Å². The summed E-state index contributed by atoms with van der Waals surface area (Å²) in [5, 5.41) is 10.5. The second-order valence-corrected chi connectivity index (χ2v) is 3.84. The number of rotatable bonds is 4. The number of nitrogens with two attached hydrogens (primary N) is 1. The van der Waals surface area contributed by atoms with Gasteiger partial charge < -0.3 is 15.6 Å². The number of aryl methyl sites for hydroxylation is 1. The van der Waals surface area contributed by atoms with Gasteiger partial charge >= 0.3 is 0 Å². The fourth-order valence-electron chi connectivity index (χ4n) is 1.58. The van der Waals surface area contributed by atoms with E-state index in [1.54, 1.807) is 30.6 Å². The molecule has 0 unspecified atom stereocenters. The van der Waals surface area contributed by atoms with Gasteiger partial charge in [0.2, 0.25) is 0 Å². The van der Waals surface area contributed by atoms with Crippen LogP contribution in [0, 0.1) is 0 Å². The minimum Gasteiger partial charge on any atom is -0.399 e. The van der Waals surface area contributed by atoms with Crippen LogP contribution < -0.4 is 11.1 Å². The number of amides is 1. The summed E-state index contributed by atoms with van der Waals surface area (Å²) in [6.07, 6.45) is 1.64. The predicted octanol–water partition coefficient (Wildman–Crippen LogP) is 1.65. The molecule has 0 spiro atoms. The first-order valence-electron chi connectivity index (χ1n) is 5.71. The Hall–Kier alpha value is -1.79. The third-order valence-corrected chi connectivity index (χ3v) is 2.62. The van der Waals surface area contributed by atoms with Crippen LogP contribution in [0.4, 0.5) is 5.69 Å². The zero-order valence-corrected chi connectivity index (χ0v) is 12.6. The van der Waals surface area contributed by atoms with Crippen molar-refractivity contribution >= 4 is 36.4 Å². The molecule has 0 saturated carbocycles. The quantitative estimate of drug-likeness (QED) is 0.840. The van der Waals surface area contributed by atoms with E-state index < -0.39 is 0 Å². The molecule has 8 heteroatoms. The van der Waals surface area contributed by atoms with E-state index in [0.717, 1.165) is 12.4 Å². The van der Waals surface area contributed by atoms with Crippen molar-refractivity contribution in [2.75, 3.05) is 5.73 Å². The molecule has 0 atom stereocenters. The minimum atomic E-state index is -0.152. The van der Waals surface area contributed by atoms with Crippen LogP contribution in [0.25, 0.3) is 0 Å². The summed E-state index contributed by atoms with van der Waals surface area (Å²) in [6, 6.07) is 6.78. The summed E-state index contributed by atoms with van der Waals surface area (Å²) in [6.45, 7) is 3.13. The van der Waals surface area contributed by atoms with E-state index in [2.05, 4.69) is 15.5 Å². The predicted molar refractivity (Wildman–Crippen MR) is 82.2 cm³/mol. The second kappa shape index (κ2) is 8.39. The molecule has 6 nitrogen and oxygen atoms in total. The maximum atomic E-state index is 11.8. The average Bonchev–Trinajstić information content (AvgIpc) is 2.84. The molecule has 20 heavy (non-hydrogen) atoms. The van der Waals surface area contributed by atoms with E-state index in [1.165, 1.54) is 0 Å². The maximum Gasteiger partial charge on any atom is 0.251 e. The Balaban J connectivity index is 0.00000180. The van der Waals surface area contributed by atoms with Crippen LogP contribution in [-0.4, -0.2) is 20.7 Å². The van der Waals surface area contributed by atoms with Crippen LogP contribution in [0.3, 0.4) is 0 Å². The number of carbonyl (C=O) groups excluding carboxylic acids is 1. The summed E-state index contributed by atoms with van der Waals surface area (Å²) in [7, 11) is 0. The van der Waals surface area contributed by atoms with Crippen LogP contribution in [0.5, 0.6) is 0 Å². The molecule has 0 bridgehead atoms. The van der Waals surface area contributed by atoms with Gasteiger partial charge in [0.1, 0.15) is 6.33 Å².